The second kappa shape index (κ2) is 6.85. The van der Waals surface area contributed by atoms with E-state index in [0.29, 0.717) is 5.76 Å². The smallest absolute Gasteiger partial charge is 0.404 e. The first-order valence-corrected chi connectivity index (χ1v) is 7.13. The Morgan fingerprint density at radius 1 is 1.28 bits per heavy atom. The summed E-state index contributed by atoms with van der Waals surface area (Å²) in [5.74, 6) is 0.424. The van der Waals surface area contributed by atoms with Crippen LogP contribution in [0.1, 0.15) is 30.2 Å². The second-order valence-corrected chi connectivity index (χ2v) is 5.25. The van der Waals surface area contributed by atoms with Crippen LogP contribution in [0.2, 0.25) is 0 Å². The van der Waals surface area contributed by atoms with Crippen LogP contribution in [-0.2, 0) is 25.0 Å². The Bertz CT molecular complexity index is 428. The fourth-order valence-corrected chi connectivity index (χ4v) is 2.72. The van der Waals surface area contributed by atoms with Gasteiger partial charge in [-0.1, -0.05) is 0 Å². The zero-order chi connectivity index (χ0) is 13.6. The number of hydrogen-bond donors (Lipinski definition) is 0. The zero-order valence-corrected chi connectivity index (χ0v) is 11.6. The largest absolute Gasteiger partial charge is 0.455 e. The van der Waals surface area contributed by atoms with Crippen LogP contribution >= 0.6 is 7.60 Å². The number of furan rings is 1. The number of methoxy groups -OCH3 is 1. The van der Waals surface area contributed by atoms with Crippen molar-refractivity contribution in [2.24, 2.45) is 0 Å². The van der Waals surface area contributed by atoms with Crippen LogP contribution in [0.3, 0.4) is 0 Å². The lowest BCUT2D eigenvalue weighted by molar-refractivity contribution is 0.0968. The highest BCUT2D eigenvalue weighted by Crippen LogP contribution is 2.51. The van der Waals surface area contributed by atoms with Crippen molar-refractivity contribution < 1.29 is 27.6 Å². The molecule has 6 nitrogen and oxygen atoms in total. The van der Waals surface area contributed by atoms with Crippen molar-refractivity contribution in [3.8, 4) is 0 Å². The minimum Gasteiger partial charge on any atom is -0.455 e. The van der Waals surface area contributed by atoms with Crippen LogP contribution < -0.4 is 0 Å². The number of ether oxygens (including phenoxy) is 1. The van der Waals surface area contributed by atoms with Gasteiger partial charge in [-0.25, -0.2) is 0 Å². The Kier molecular flexibility index (Phi) is 5.75. The SMILES string of the molecule is CCOP(=O)(OCC)C(=O)c1ccc(COC)o1. The van der Waals surface area contributed by atoms with Gasteiger partial charge in [0, 0.05) is 7.11 Å². The third-order valence-corrected chi connectivity index (χ3v) is 3.92. The van der Waals surface area contributed by atoms with Crippen LogP contribution in [0.25, 0.3) is 0 Å². The van der Waals surface area contributed by atoms with Gasteiger partial charge in [0.05, 0.1) is 13.2 Å². The molecular weight excluding hydrogens is 259 g/mol. The number of carbonyl (C=O) groups excluding carboxylic acids is 1. The molecule has 0 aliphatic heterocycles. The summed E-state index contributed by atoms with van der Waals surface area (Å²) in [6.45, 7) is 3.75. The maximum Gasteiger partial charge on any atom is 0.404 e. The van der Waals surface area contributed by atoms with Gasteiger partial charge in [-0.05, 0) is 26.0 Å². The molecule has 0 saturated carbocycles. The Balaban J connectivity index is 2.91. The summed E-state index contributed by atoms with van der Waals surface area (Å²) in [7, 11) is -2.30. The van der Waals surface area contributed by atoms with Gasteiger partial charge in [0.15, 0.2) is 5.76 Å². The predicted octanol–water partition coefficient (Wildman–Crippen LogP) is 2.83. The van der Waals surface area contributed by atoms with E-state index in [1.165, 1.54) is 13.2 Å². The van der Waals surface area contributed by atoms with E-state index in [2.05, 4.69) is 0 Å². The van der Waals surface area contributed by atoms with Gasteiger partial charge in [0.25, 0.3) is 0 Å². The quantitative estimate of drug-likeness (QED) is 0.679. The number of hydrogen-bond acceptors (Lipinski definition) is 6. The van der Waals surface area contributed by atoms with Crippen LogP contribution in [0.4, 0.5) is 0 Å². The van der Waals surface area contributed by atoms with Crippen molar-refractivity contribution in [2.75, 3.05) is 20.3 Å². The molecular formula is C11H17O6P. The maximum atomic E-state index is 12.2. The molecule has 0 unspecified atom stereocenters. The Labute approximate surface area is 106 Å². The summed E-state index contributed by atoms with van der Waals surface area (Å²) in [4.78, 5) is 12.0. The van der Waals surface area contributed by atoms with E-state index < -0.39 is 13.1 Å². The van der Waals surface area contributed by atoms with E-state index >= 15 is 0 Å². The standard InChI is InChI=1S/C11H17O6P/c1-4-15-18(13,16-5-2)11(12)10-7-6-9(17-10)8-14-3/h6-7H,4-5,8H2,1-3H3. The highest BCUT2D eigenvalue weighted by atomic mass is 31.2. The highest BCUT2D eigenvalue weighted by Gasteiger charge is 2.37. The van der Waals surface area contributed by atoms with E-state index in [1.807, 2.05) is 0 Å². The Morgan fingerprint density at radius 2 is 1.89 bits per heavy atom. The minimum atomic E-state index is -3.81. The summed E-state index contributed by atoms with van der Waals surface area (Å²) < 4.78 is 32.2. The lowest BCUT2D eigenvalue weighted by atomic mass is 10.4. The van der Waals surface area contributed by atoms with Crippen molar-refractivity contribution >= 4 is 13.1 Å². The summed E-state index contributed by atoms with van der Waals surface area (Å²) in [6, 6.07) is 3.01. The molecule has 0 N–H and O–H groups in total. The van der Waals surface area contributed by atoms with E-state index in [1.54, 1.807) is 19.9 Å². The first-order valence-electron chi connectivity index (χ1n) is 5.59. The Morgan fingerprint density at radius 3 is 2.39 bits per heavy atom. The van der Waals surface area contributed by atoms with Crippen LogP contribution in [-0.4, -0.2) is 25.8 Å². The fraction of sp³-hybridized carbons (Fsp3) is 0.545. The van der Waals surface area contributed by atoms with Crippen LogP contribution in [0, 0.1) is 0 Å². The molecule has 0 aliphatic carbocycles. The predicted molar refractivity (Wildman–Crippen MR) is 64.6 cm³/mol. The summed E-state index contributed by atoms with van der Waals surface area (Å²) in [5, 5.41) is 0. The lowest BCUT2D eigenvalue weighted by Crippen LogP contribution is -2.06. The van der Waals surface area contributed by atoms with Crippen LogP contribution in [0.15, 0.2) is 16.5 Å². The average Bonchev–Trinajstić information content (AvgIpc) is 2.78. The van der Waals surface area contributed by atoms with Gasteiger partial charge in [-0.15, -0.1) is 0 Å². The van der Waals surface area contributed by atoms with Crippen molar-refractivity contribution in [3.63, 3.8) is 0 Å². The molecule has 0 spiro atoms. The summed E-state index contributed by atoms with van der Waals surface area (Å²) in [6.07, 6.45) is 0. The van der Waals surface area contributed by atoms with Gasteiger partial charge in [-0.3, -0.25) is 9.36 Å². The third kappa shape index (κ3) is 3.53. The molecule has 0 amide bonds. The molecule has 102 valence electrons. The second-order valence-electron chi connectivity index (χ2n) is 3.34. The lowest BCUT2D eigenvalue weighted by Gasteiger charge is -2.13. The van der Waals surface area contributed by atoms with E-state index in [-0.39, 0.29) is 25.6 Å². The maximum absolute atomic E-state index is 12.2. The van der Waals surface area contributed by atoms with Crippen molar-refractivity contribution in [1.29, 1.82) is 0 Å². The normalized spacial score (nSPS) is 11.7. The molecule has 1 aromatic rings. The summed E-state index contributed by atoms with van der Waals surface area (Å²) in [5.41, 5.74) is -0.770. The van der Waals surface area contributed by atoms with Gasteiger partial charge in [-0.2, -0.15) is 0 Å². The van der Waals surface area contributed by atoms with Gasteiger partial charge >= 0.3 is 13.1 Å². The van der Waals surface area contributed by atoms with Gasteiger partial charge in [0.1, 0.15) is 12.4 Å². The molecule has 1 aromatic heterocycles. The fourth-order valence-electron chi connectivity index (χ4n) is 1.34. The number of rotatable bonds is 8. The Hall–Kier alpha value is -0.940. The highest BCUT2D eigenvalue weighted by molar-refractivity contribution is 7.72. The monoisotopic (exact) mass is 276 g/mol. The first kappa shape index (κ1) is 15.1. The minimum absolute atomic E-state index is 0.0488. The molecule has 18 heavy (non-hydrogen) atoms. The van der Waals surface area contributed by atoms with Gasteiger partial charge < -0.3 is 18.2 Å². The van der Waals surface area contributed by atoms with Crippen molar-refractivity contribution in [1.82, 2.24) is 0 Å². The molecule has 1 rings (SSSR count). The van der Waals surface area contributed by atoms with E-state index in [4.69, 9.17) is 18.2 Å². The molecule has 0 aromatic carbocycles. The van der Waals surface area contributed by atoms with E-state index in [9.17, 15) is 9.36 Å². The topological polar surface area (TPSA) is 75.0 Å². The zero-order valence-electron chi connectivity index (χ0n) is 10.7. The first-order chi connectivity index (χ1) is 8.57. The summed E-state index contributed by atoms with van der Waals surface area (Å²) >= 11 is 0. The van der Waals surface area contributed by atoms with Crippen molar-refractivity contribution in [3.05, 3.63) is 23.7 Å². The van der Waals surface area contributed by atoms with Crippen LogP contribution in [0.5, 0.6) is 0 Å². The number of carbonyl (C=O) groups is 1. The molecule has 0 aliphatic rings. The molecule has 0 bridgehead atoms. The molecule has 0 fully saturated rings. The molecule has 0 radical (unpaired) electrons. The molecule has 0 saturated heterocycles. The molecule has 0 atom stereocenters. The van der Waals surface area contributed by atoms with Gasteiger partial charge in [0.2, 0.25) is 0 Å². The average molecular weight is 276 g/mol. The molecule has 1 heterocycles. The third-order valence-electron chi connectivity index (χ3n) is 2.01. The van der Waals surface area contributed by atoms with E-state index in [0.717, 1.165) is 0 Å². The van der Waals surface area contributed by atoms with Crippen molar-refractivity contribution in [2.45, 2.75) is 20.5 Å². The molecule has 7 heteroatoms.